The Labute approximate surface area is 175 Å². The normalized spacial score (nSPS) is 64.3. The maximum atomic E-state index is 11.9. The van der Waals surface area contributed by atoms with Crippen LogP contribution in [0.15, 0.2) is 0 Å². The fraction of sp³-hybridized carbons (Fsp3) is 1.00. The van der Waals surface area contributed by atoms with Crippen LogP contribution in [0.1, 0.15) is 71.6 Å². The number of methoxy groups -OCH3 is 1. The average Bonchev–Trinajstić information content (AvgIpc) is 3.58. The van der Waals surface area contributed by atoms with Gasteiger partial charge in [-0.15, -0.1) is 0 Å². The zero-order valence-electron chi connectivity index (χ0n) is 18.4. The second-order valence-corrected chi connectivity index (χ2v) is 12.3. The number of aliphatic hydroxyl groups is 3. The van der Waals surface area contributed by atoms with Gasteiger partial charge in [0.1, 0.15) is 0 Å². The van der Waals surface area contributed by atoms with E-state index in [0.29, 0.717) is 36.0 Å². The van der Waals surface area contributed by atoms with Gasteiger partial charge < -0.3 is 20.1 Å². The molecule has 12 atom stereocenters. The molecule has 0 aromatic carbocycles. The van der Waals surface area contributed by atoms with Gasteiger partial charge in [-0.1, -0.05) is 13.8 Å². The van der Waals surface area contributed by atoms with E-state index in [2.05, 4.69) is 13.8 Å². The highest BCUT2D eigenvalue weighted by molar-refractivity contribution is 5.30. The Morgan fingerprint density at radius 3 is 2.41 bits per heavy atom. The van der Waals surface area contributed by atoms with Crippen LogP contribution >= 0.6 is 0 Å². The van der Waals surface area contributed by atoms with E-state index in [0.717, 1.165) is 37.5 Å². The quantitative estimate of drug-likeness (QED) is 0.672. The van der Waals surface area contributed by atoms with Crippen LogP contribution in [0.4, 0.5) is 0 Å². The van der Waals surface area contributed by atoms with Crippen LogP contribution in [0.2, 0.25) is 0 Å². The number of hydrogen-bond acceptors (Lipinski definition) is 4. The summed E-state index contributed by atoms with van der Waals surface area (Å²) in [6.45, 7) is 5.15. The maximum absolute atomic E-state index is 11.9. The van der Waals surface area contributed by atoms with E-state index in [1.54, 1.807) is 0 Å². The molecule has 3 unspecified atom stereocenters. The minimum Gasteiger partial charge on any atom is -0.396 e. The lowest BCUT2D eigenvalue weighted by atomic mass is 9.42. The summed E-state index contributed by atoms with van der Waals surface area (Å²) in [5.74, 6) is 4.54. The van der Waals surface area contributed by atoms with Crippen molar-refractivity contribution in [2.24, 2.45) is 52.3 Å². The molecule has 0 aliphatic heterocycles. The van der Waals surface area contributed by atoms with E-state index in [1.807, 2.05) is 7.11 Å². The Bertz CT molecular complexity index is 711. The van der Waals surface area contributed by atoms with Crippen LogP contribution in [-0.4, -0.2) is 46.3 Å². The van der Waals surface area contributed by atoms with Crippen LogP contribution in [-0.2, 0) is 4.74 Å². The molecular formula is C25H40O4. The van der Waals surface area contributed by atoms with Crippen LogP contribution < -0.4 is 0 Å². The third kappa shape index (κ3) is 2.07. The molecule has 164 valence electrons. The first-order chi connectivity index (χ1) is 13.8. The first kappa shape index (κ1) is 19.5. The number of aliphatic hydroxyl groups excluding tert-OH is 2. The van der Waals surface area contributed by atoms with Crippen molar-refractivity contribution in [2.45, 2.75) is 88.9 Å². The zero-order valence-corrected chi connectivity index (χ0v) is 18.4. The van der Waals surface area contributed by atoms with E-state index >= 15 is 0 Å². The molecule has 0 bridgehead atoms. The number of fused-ring (bicyclic) bond motifs is 10. The van der Waals surface area contributed by atoms with Gasteiger partial charge in [-0.2, -0.15) is 0 Å². The van der Waals surface area contributed by atoms with Gasteiger partial charge in [0.2, 0.25) is 0 Å². The summed E-state index contributed by atoms with van der Waals surface area (Å²) in [4.78, 5) is 0. The number of hydrogen-bond donors (Lipinski definition) is 3. The molecule has 6 aliphatic carbocycles. The Balaban J connectivity index is 1.39. The minimum atomic E-state index is -0.652. The molecule has 0 aromatic heterocycles. The van der Waals surface area contributed by atoms with Crippen molar-refractivity contribution >= 4 is 0 Å². The first-order valence-corrected chi connectivity index (χ1v) is 12.3. The third-order valence-electron chi connectivity index (χ3n) is 11.8. The van der Waals surface area contributed by atoms with Crippen LogP contribution in [0.25, 0.3) is 0 Å². The van der Waals surface area contributed by atoms with Crippen LogP contribution in [0, 0.1) is 52.3 Å². The van der Waals surface area contributed by atoms with Gasteiger partial charge in [-0.05, 0) is 98.2 Å². The predicted molar refractivity (Wildman–Crippen MR) is 110 cm³/mol. The molecule has 0 spiro atoms. The molecule has 0 saturated heterocycles. The lowest BCUT2D eigenvalue weighted by Gasteiger charge is -2.65. The average molecular weight is 405 g/mol. The highest BCUT2D eigenvalue weighted by Gasteiger charge is 2.81. The fourth-order valence-corrected chi connectivity index (χ4v) is 10.6. The molecule has 4 nitrogen and oxygen atoms in total. The lowest BCUT2D eigenvalue weighted by molar-refractivity contribution is -0.240. The minimum absolute atomic E-state index is 0.0380. The molecule has 3 N–H and O–H groups in total. The van der Waals surface area contributed by atoms with Crippen molar-refractivity contribution < 1.29 is 20.1 Å². The number of ether oxygens (including phenoxy) is 1. The van der Waals surface area contributed by atoms with Gasteiger partial charge in [0.05, 0.1) is 17.3 Å². The Hall–Kier alpha value is -0.160. The van der Waals surface area contributed by atoms with E-state index in [9.17, 15) is 15.3 Å². The van der Waals surface area contributed by atoms with Gasteiger partial charge in [-0.3, -0.25) is 0 Å². The fourth-order valence-electron chi connectivity index (χ4n) is 10.6. The van der Waals surface area contributed by atoms with E-state index in [1.165, 1.54) is 25.7 Å². The molecule has 0 amide bonds. The Morgan fingerprint density at radius 1 is 0.966 bits per heavy atom. The highest BCUT2D eigenvalue weighted by Crippen LogP contribution is 2.82. The third-order valence-corrected chi connectivity index (χ3v) is 11.8. The van der Waals surface area contributed by atoms with E-state index in [-0.39, 0.29) is 29.1 Å². The highest BCUT2D eigenvalue weighted by atomic mass is 16.5. The summed E-state index contributed by atoms with van der Waals surface area (Å²) < 4.78 is 6.43. The van der Waals surface area contributed by atoms with Crippen molar-refractivity contribution in [1.29, 1.82) is 0 Å². The standard InChI is InChI=1S/C25H40O4/c1-22-8-5-14(27)13-24(22,28)18-11-15(18)20-17(22)6-9-23(2)21(20)16-12-19(16)25(23,29-3)7-4-10-26/h14-21,26-28H,4-13H2,1-3H3/t14-,15-,16+,17?,18+,19-,20?,21?,22+,23-,24+,25-/m0/s1. The topological polar surface area (TPSA) is 69.9 Å². The smallest absolute Gasteiger partial charge is 0.0766 e. The molecule has 4 heteroatoms. The van der Waals surface area contributed by atoms with Crippen LogP contribution in [0.5, 0.6) is 0 Å². The zero-order chi connectivity index (χ0) is 20.4. The molecule has 6 rings (SSSR count). The summed E-state index contributed by atoms with van der Waals surface area (Å²) in [5.41, 5.74) is -0.540. The largest absolute Gasteiger partial charge is 0.396 e. The SMILES string of the molecule is CO[C@@]1(CCCO)[C@H]2C[C@H]2C2C3C(CC[C@@]21C)[C@@]1(C)CC[C@H](O)C[C@@]1(O)[C@@H]1C[C@H]31. The van der Waals surface area contributed by atoms with E-state index < -0.39 is 5.60 Å². The molecular weight excluding hydrogens is 364 g/mol. The van der Waals surface area contributed by atoms with Gasteiger partial charge in [0, 0.05) is 25.6 Å². The Morgan fingerprint density at radius 2 is 1.69 bits per heavy atom. The molecule has 0 heterocycles. The van der Waals surface area contributed by atoms with Crippen molar-refractivity contribution in [3.8, 4) is 0 Å². The van der Waals surface area contributed by atoms with Crippen molar-refractivity contribution in [1.82, 2.24) is 0 Å². The molecule has 6 aliphatic rings. The van der Waals surface area contributed by atoms with Crippen molar-refractivity contribution in [3.63, 3.8) is 0 Å². The van der Waals surface area contributed by atoms with Crippen molar-refractivity contribution in [3.05, 3.63) is 0 Å². The summed E-state index contributed by atoms with van der Waals surface area (Å²) in [6.07, 6.45) is 8.80. The second kappa shape index (κ2) is 5.79. The second-order valence-electron chi connectivity index (χ2n) is 12.3. The summed E-state index contributed by atoms with van der Waals surface area (Å²) in [7, 11) is 1.93. The molecule has 6 fully saturated rings. The Kier molecular flexibility index (Phi) is 3.90. The maximum Gasteiger partial charge on any atom is 0.0766 e. The summed E-state index contributed by atoms with van der Waals surface area (Å²) in [5, 5.41) is 31.9. The lowest BCUT2D eigenvalue weighted by Crippen LogP contribution is -2.65. The summed E-state index contributed by atoms with van der Waals surface area (Å²) in [6, 6.07) is 0. The van der Waals surface area contributed by atoms with Gasteiger partial charge >= 0.3 is 0 Å². The monoisotopic (exact) mass is 404 g/mol. The molecule has 29 heavy (non-hydrogen) atoms. The van der Waals surface area contributed by atoms with E-state index in [4.69, 9.17) is 4.74 Å². The van der Waals surface area contributed by atoms with Crippen molar-refractivity contribution in [2.75, 3.05) is 13.7 Å². The predicted octanol–water partition coefficient (Wildman–Crippen LogP) is 3.37. The van der Waals surface area contributed by atoms with Gasteiger partial charge in [0.15, 0.2) is 0 Å². The van der Waals surface area contributed by atoms with Gasteiger partial charge in [0.25, 0.3) is 0 Å². The molecule has 6 saturated carbocycles. The van der Waals surface area contributed by atoms with Gasteiger partial charge in [-0.25, -0.2) is 0 Å². The molecule has 0 radical (unpaired) electrons. The number of rotatable bonds is 4. The molecule has 0 aromatic rings. The summed E-state index contributed by atoms with van der Waals surface area (Å²) >= 11 is 0. The van der Waals surface area contributed by atoms with Crippen LogP contribution in [0.3, 0.4) is 0 Å². The first-order valence-electron chi connectivity index (χ1n) is 12.3.